The number of amides is 1. The van der Waals surface area contributed by atoms with E-state index in [1.807, 2.05) is 12.1 Å². The van der Waals surface area contributed by atoms with Gasteiger partial charge in [-0.15, -0.1) is 0 Å². The number of hydrogen-bond acceptors (Lipinski definition) is 3. The van der Waals surface area contributed by atoms with Crippen molar-refractivity contribution >= 4 is 5.91 Å². The Balaban J connectivity index is 1.80. The summed E-state index contributed by atoms with van der Waals surface area (Å²) in [4.78, 5) is 11.7. The van der Waals surface area contributed by atoms with Crippen molar-refractivity contribution in [1.82, 2.24) is 5.32 Å². The molecule has 4 heteroatoms. The minimum atomic E-state index is -0.0745. The SMILES string of the molecule is COCCCNC(=O)COc1cccc2c1CCCC2. The van der Waals surface area contributed by atoms with E-state index in [1.165, 1.54) is 24.0 Å². The Morgan fingerprint density at radius 1 is 1.30 bits per heavy atom. The predicted molar refractivity (Wildman–Crippen MR) is 78.1 cm³/mol. The molecule has 20 heavy (non-hydrogen) atoms. The molecule has 0 saturated carbocycles. The monoisotopic (exact) mass is 277 g/mol. The Bertz CT molecular complexity index is 445. The number of methoxy groups -OCH3 is 1. The first-order valence-corrected chi connectivity index (χ1v) is 7.30. The maximum absolute atomic E-state index is 11.7. The second-order valence-corrected chi connectivity index (χ2v) is 5.09. The summed E-state index contributed by atoms with van der Waals surface area (Å²) >= 11 is 0. The van der Waals surface area contributed by atoms with Crippen LogP contribution in [0.3, 0.4) is 0 Å². The van der Waals surface area contributed by atoms with Gasteiger partial charge in [0.05, 0.1) is 0 Å². The van der Waals surface area contributed by atoms with Gasteiger partial charge in [-0.25, -0.2) is 0 Å². The van der Waals surface area contributed by atoms with Crippen molar-refractivity contribution in [3.63, 3.8) is 0 Å². The molecule has 0 atom stereocenters. The molecule has 1 aliphatic carbocycles. The van der Waals surface area contributed by atoms with Crippen LogP contribution in [0.2, 0.25) is 0 Å². The third-order valence-corrected chi connectivity index (χ3v) is 3.56. The van der Waals surface area contributed by atoms with Crippen molar-refractivity contribution in [2.24, 2.45) is 0 Å². The molecular formula is C16H23NO3. The highest BCUT2D eigenvalue weighted by atomic mass is 16.5. The molecule has 0 fully saturated rings. The summed E-state index contributed by atoms with van der Waals surface area (Å²) in [5.74, 6) is 0.795. The molecule has 0 aliphatic heterocycles. The number of carbonyl (C=O) groups excluding carboxylic acids is 1. The molecule has 1 aromatic rings. The molecule has 1 N–H and O–H groups in total. The second-order valence-electron chi connectivity index (χ2n) is 5.09. The van der Waals surface area contributed by atoms with Gasteiger partial charge in [0.2, 0.25) is 0 Å². The largest absolute Gasteiger partial charge is 0.483 e. The van der Waals surface area contributed by atoms with Crippen LogP contribution in [0.4, 0.5) is 0 Å². The van der Waals surface area contributed by atoms with E-state index in [4.69, 9.17) is 9.47 Å². The molecule has 0 aromatic heterocycles. The van der Waals surface area contributed by atoms with Gasteiger partial charge >= 0.3 is 0 Å². The molecular weight excluding hydrogens is 254 g/mol. The lowest BCUT2D eigenvalue weighted by atomic mass is 9.91. The molecule has 1 amide bonds. The highest BCUT2D eigenvalue weighted by molar-refractivity contribution is 5.77. The van der Waals surface area contributed by atoms with Crippen LogP contribution in [-0.2, 0) is 22.4 Å². The van der Waals surface area contributed by atoms with Crippen LogP contribution in [0.5, 0.6) is 5.75 Å². The topological polar surface area (TPSA) is 47.6 Å². The van der Waals surface area contributed by atoms with Crippen LogP contribution < -0.4 is 10.1 Å². The number of rotatable bonds is 7. The van der Waals surface area contributed by atoms with Crippen molar-refractivity contribution < 1.29 is 14.3 Å². The van der Waals surface area contributed by atoms with Crippen LogP contribution in [0.1, 0.15) is 30.4 Å². The van der Waals surface area contributed by atoms with Gasteiger partial charge in [-0.2, -0.15) is 0 Å². The first-order valence-electron chi connectivity index (χ1n) is 7.30. The molecule has 0 radical (unpaired) electrons. The minimum absolute atomic E-state index is 0.0745. The lowest BCUT2D eigenvalue weighted by Gasteiger charge is -2.19. The van der Waals surface area contributed by atoms with Crippen LogP contribution in [0.25, 0.3) is 0 Å². The molecule has 1 aliphatic rings. The lowest BCUT2D eigenvalue weighted by Crippen LogP contribution is -2.30. The van der Waals surface area contributed by atoms with Gasteiger partial charge in [0.15, 0.2) is 6.61 Å². The molecule has 0 unspecified atom stereocenters. The number of hydrogen-bond donors (Lipinski definition) is 1. The maximum Gasteiger partial charge on any atom is 0.257 e. The number of fused-ring (bicyclic) bond motifs is 1. The number of aryl methyl sites for hydroxylation is 1. The first-order chi connectivity index (χ1) is 9.81. The van der Waals surface area contributed by atoms with Crippen molar-refractivity contribution in [3.8, 4) is 5.75 Å². The third-order valence-electron chi connectivity index (χ3n) is 3.56. The Hall–Kier alpha value is -1.55. The Morgan fingerprint density at radius 2 is 2.15 bits per heavy atom. The predicted octanol–water partition coefficient (Wildman–Crippen LogP) is 2.10. The van der Waals surface area contributed by atoms with E-state index < -0.39 is 0 Å². The van der Waals surface area contributed by atoms with E-state index in [0.29, 0.717) is 13.2 Å². The zero-order valence-electron chi connectivity index (χ0n) is 12.1. The summed E-state index contributed by atoms with van der Waals surface area (Å²) in [5, 5.41) is 2.82. The zero-order valence-corrected chi connectivity index (χ0v) is 12.1. The van der Waals surface area contributed by atoms with Gasteiger partial charge in [-0.3, -0.25) is 4.79 Å². The molecule has 0 heterocycles. The molecule has 0 saturated heterocycles. The van der Waals surface area contributed by atoms with E-state index >= 15 is 0 Å². The molecule has 4 nitrogen and oxygen atoms in total. The van der Waals surface area contributed by atoms with Crippen LogP contribution in [-0.4, -0.2) is 32.8 Å². The van der Waals surface area contributed by atoms with Gasteiger partial charge in [0.25, 0.3) is 5.91 Å². The average Bonchev–Trinajstić information content (AvgIpc) is 2.49. The zero-order chi connectivity index (χ0) is 14.2. The van der Waals surface area contributed by atoms with Crippen molar-refractivity contribution in [2.75, 3.05) is 26.9 Å². The summed E-state index contributed by atoms with van der Waals surface area (Å²) in [5.41, 5.74) is 2.65. The highest BCUT2D eigenvalue weighted by Gasteiger charge is 2.14. The van der Waals surface area contributed by atoms with E-state index in [2.05, 4.69) is 11.4 Å². The Kier molecular flexibility index (Phi) is 5.87. The maximum atomic E-state index is 11.7. The Morgan fingerprint density at radius 3 is 3.00 bits per heavy atom. The molecule has 0 bridgehead atoms. The fourth-order valence-electron chi connectivity index (χ4n) is 2.52. The third kappa shape index (κ3) is 4.23. The van der Waals surface area contributed by atoms with Crippen molar-refractivity contribution in [3.05, 3.63) is 29.3 Å². The van der Waals surface area contributed by atoms with Crippen molar-refractivity contribution in [1.29, 1.82) is 0 Å². The summed E-state index contributed by atoms with van der Waals surface area (Å²) in [6.45, 7) is 1.37. The van der Waals surface area contributed by atoms with Crippen molar-refractivity contribution in [2.45, 2.75) is 32.1 Å². The second kappa shape index (κ2) is 7.90. The fourth-order valence-corrected chi connectivity index (χ4v) is 2.52. The van der Waals surface area contributed by atoms with Gasteiger partial charge in [-0.1, -0.05) is 12.1 Å². The minimum Gasteiger partial charge on any atom is -0.483 e. The summed E-state index contributed by atoms with van der Waals surface area (Å²) in [6, 6.07) is 6.13. The number of nitrogens with one attached hydrogen (secondary N) is 1. The smallest absolute Gasteiger partial charge is 0.257 e. The van der Waals surface area contributed by atoms with Gasteiger partial charge in [-0.05, 0) is 49.3 Å². The van der Waals surface area contributed by atoms with E-state index in [1.54, 1.807) is 7.11 Å². The standard InChI is InChI=1S/C16H23NO3/c1-19-11-5-10-17-16(18)12-20-15-9-4-7-13-6-2-3-8-14(13)15/h4,7,9H,2-3,5-6,8,10-12H2,1H3,(H,17,18). The molecule has 1 aromatic carbocycles. The van der Waals surface area contributed by atoms with Gasteiger partial charge in [0.1, 0.15) is 5.75 Å². The quantitative estimate of drug-likeness (QED) is 0.776. The van der Waals surface area contributed by atoms with E-state index in [0.717, 1.165) is 25.0 Å². The molecule has 0 spiro atoms. The lowest BCUT2D eigenvalue weighted by molar-refractivity contribution is -0.123. The average molecular weight is 277 g/mol. The summed E-state index contributed by atoms with van der Waals surface area (Å²) < 4.78 is 10.6. The van der Waals surface area contributed by atoms with E-state index in [-0.39, 0.29) is 12.5 Å². The van der Waals surface area contributed by atoms with E-state index in [9.17, 15) is 4.79 Å². The summed E-state index contributed by atoms with van der Waals surface area (Å²) in [6.07, 6.45) is 5.45. The van der Waals surface area contributed by atoms with Crippen LogP contribution >= 0.6 is 0 Å². The van der Waals surface area contributed by atoms with Gasteiger partial charge < -0.3 is 14.8 Å². The number of ether oxygens (including phenoxy) is 2. The fraction of sp³-hybridized carbons (Fsp3) is 0.562. The number of benzene rings is 1. The Labute approximate surface area is 120 Å². The highest BCUT2D eigenvalue weighted by Crippen LogP contribution is 2.29. The summed E-state index contributed by atoms with van der Waals surface area (Å²) in [7, 11) is 1.66. The van der Waals surface area contributed by atoms with Gasteiger partial charge in [0, 0.05) is 20.3 Å². The molecule has 2 rings (SSSR count). The van der Waals surface area contributed by atoms with Crippen LogP contribution in [0.15, 0.2) is 18.2 Å². The first kappa shape index (κ1) is 14.9. The van der Waals surface area contributed by atoms with Crippen LogP contribution in [0, 0.1) is 0 Å². The number of carbonyl (C=O) groups is 1. The molecule has 110 valence electrons. The normalized spacial score (nSPS) is 13.7.